The van der Waals surface area contributed by atoms with E-state index in [0.717, 1.165) is 12.1 Å². The number of nitrogens with one attached hydrogen (secondary N) is 1. The summed E-state index contributed by atoms with van der Waals surface area (Å²) in [5.41, 5.74) is 2.30. The summed E-state index contributed by atoms with van der Waals surface area (Å²) in [5, 5.41) is 8.32. The van der Waals surface area contributed by atoms with E-state index in [0.29, 0.717) is 11.1 Å². The number of rotatable bonds is 4. The molecule has 1 atom stereocenters. The average molecular weight is 253 g/mol. The SMILES string of the molecule is CC(Cc1ccsc1)Nc1ccncc1Cl. The summed E-state index contributed by atoms with van der Waals surface area (Å²) in [7, 11) is 0. The molecule has 1 N–H and O–H groups in total. The average Bonchev–Trinajstić information content (AvgIpc) is 2.74. The van der Waals surface area contributed by atoms with Gasteiger partial charge in [0, 0.05) is 18.4 Å². The molecule has 2 aromatic heterocycles. The van der Waals surface area contributed by atoms with Gasteiger partial charge in [0.1, 0.15) is 0 Å². The van der Waals surface area contributed by atoms with Crippen LogP contribution in [-0.2, 0) is 6.42 Å². The minimum Gasteiger partial charge on any atom is -0.381 e. The molecule has 4 heteroatoms. The molecular weight excluding hydrogens is 240 g/mol. The van der Waals surface area contributed by atoms with Gasteiger partial charge in [0.05, 0.1) is 10.7 Å². The Morgan fingerprint density at radius 2 is 2.38 bits per heavy atom. The number of hydrogen-bond donors (Lipinski definition) is 1. The van der Waals surface area contributed by atoms with Crippen molar-refractivity contribution in [1.29, 1.82) is 0 Å². The fourth-order valence-corrected chi connectivity index (χ4v) is 2.43. The lowest BCUT2D eigenvalue weighted by Crippen LogP contribution is -2.17. The van der Waals surface area contributed by atoms with Crippen LogP contribution < -0.4 is 5.32 Å². The Hall–Kier alpha value is -1.06. The molecule has 0 fully saturated rings. The van der Waals surface area contributed by atoms with Crippen LogP contribution in [0.15, 0.2) is 35.3 Å². The third-order valence-electron chi connectivity index (χ3n) is 2.30. The third kappa shape index (κ3) is 2.97. The van der Waals surface area contributed by atoms with Crippen LogP contribution in [0.3, 0.4) is 0 Å². The standard InChI is InChI=1S/C12H13ClN2S/c1-9(6-10-3-5-16-8-10)15-12-2-4-14-7-11(12)13/h2-5,7-9H,6H2,1H3,(H,14,15). The maximum absolute atomic E-state index is 6.03. The molecule has 0 bridgehead atoms. The van der Waals surface area contributed by atoms with Gasteiger partial charge in [-0.15, -0.1) is 0 Å². The smallest absolute Gasteiger partial charge is 0.0820 e. The topological polar surface area (TPSA) is 24.9 Å². The normalized spacial score (nSPS) is 12.4. The molecule has 0 amide bonds. The molecule has 0 saturated heterocycles. The van der Waals surface area contributed by atoms with E-state index in [1.165, 1.54) is 5.56 Å². The van der Waals surface area contributed by atoms with Gasteiger partial charge in [0.25, 0.3) is 0 Å². The molecule has 2 aromatic rings. The van der Waals surface area contributed by atoms with Crippen LogP contribution in [0, 0.1) is 0 Å². The van der Waals surface area contributed by atoms with E-state index >= 15 is 0 Å². The van der Waals surface area contributed by atoms with Crippen molar-refractivity contribution in [2.45, 2.75) is 19.4 Å². The molecule has 2 nitrogen and oxygen atoms in total. The highest BCUT2D eigenvalue weighted by atomic mass is 35.5. The van der Waals surface area contributed by atoms with Crippen molar-refractivity contribution in [2.24, 2.45) is 0 Å². The van der Waals surface area contributed by atoms with Gasteiger partial charge in [0.2, 0.25) is 0 Å². The molecule has 0 spiro atoms. The highest BCUT2D eigenvalue weighted by Gasteiger charge is 2.06. The molecule has 0 saturated carbocycles. The zero-order chi connectivity index (χ0) is 11.4. The van der Waals surface area contributed by atoms with Gasteiger partial charge in [-0.3, -0.25) is 4.98 Å². The summed E-state index contributed by atoms with van der Waals surface area (Å²) >= 11 is 7.75. The Labute approximate surface area is 104 Å². The van der Waals surface area contributed by atoms with Crippen LogP contribution in [0.25, 0.3) is 0 Å². The Morgan fingerprint density at radius 3 is 3.06 bits per heavy atom. The quantitative estimate of drug-likeness (QED) is 0.894. The molecule has 16 heavy (non-hydrogen) atoms. The van der Waals surface area contributed by atoms with Gasteiger partial charge in [-0.25, -0.2) is 0 Å². The lowest BCUT2D eigenvalue weighted by atomic mass is 10.1. The zero-order valence-electron chi connectivity index (χ0n) is 8.98. The summed E-state index contributed by atoms with van der Waals surface area (Å²) in [5.74, 6) is 0. The van der Waals surface area contributed by atoms with E-state index in [2.05, 4.69) is 34.1 Å². The first-order valence-electron chi connectivity index (χ1n) is 5.13. The van der Waals surface area contributed by atoms with Crippen molar-refractivity contribution in [3.8, 4) is 0 Å². The van der Waals surface area contributed by atoms with Crippen molar-refractivity contribution in [2.75, 3.05) is 5.32 Å². The minimum absolute atomic E-state index is 0.356. The highest BCUT2D eigenvalue weighted by Crippen LogP contribution is 2.21. The number of pyridine rings is 1. The molecular formula is C12H13ClN2S. The van der Waals surface area contributed by atoms with Crippen LogP contribution in [0.2, 0.25) is 5.02 Å². The van der Waals surface area contributed by atoms with Crippen LogP contribution in [0.1, 0.15) is 12.5 Å². The fourth-order valence-electron chi connectivity index (χ4n) is 1.57. The first-order chi connectivity index (χ1) is 7.75. The zero-order valence-corrected chi connectivity index (χ0v) is 10.6. The largest absolute Gasteiger partial charge is 0.381 e. The Kier molecular flexibility index (Phi) is 3.80. The number of halogens is 1. The van der Waals surface area contributed by atoms with Gasteiger partial charge in [0.15, 0.2) is 0 Å². The van der Waals surface area contributed by atoms with Crippen molar-refractivity contribution in [3.63, 3.8) is 0 Å². The summed E-state index contributed by atoms with van der Waals surface area (Å²) < 4.78 is 0. The number of thiophene rings is 1. The van der Waals surface area contributed by atoms with Crippen LogP contribution >= 0.6 is 22.9 Å². The van der Waals surface area contributed by atoms with Gasteiger partial charge in [-0.2, -0.15) is 11.3 Å². The molecule has 0 aliphatic rings. The maximum Gasteiger partial charge on any atom is 0.0820 e. The number of nitrogens with zero attached hydrogens (tertiary/aromatic N) is 1. The van der Waals surface area contributed by atoms with E-state index < -0.39 is 0 Å². The molecule has 1 unspecified atom stereocenters. The second-order valence-corrected chi connectivity index (χ2v) is 4.92. The molecule has 0 radical (unpaired) electrons. The van der Waals surface area contributed by atoms with E-state index in [9.17, 15) is 0 Å². The van der Waals surface area contributed by atoms with Gasteiger partial charge < -0.3 is 5.32 Å². The molecule has 0 aliphatic carbocycles. The Balaban J connectivity index is 1.97. The van der Waals surface area contributed by atoms with Crippen LogP contribution in [-0.4, -0.2) is 11.0 Å². The van der Waals surface area contributed by atoms with E-state index in [4.69, 9.17) is 11.6 Å². The summed E-state index contributed by atoms with van der Waals surface area (Å²) in [6, 6.07) is 4.40. The summed E-state index contributed by atoms with van der Waals surface area (Å²) in [4.78, 5) is 3.96. The van der Waals surface area contributed by atoms with Crippen molar-refractivity contribution in [1.82, 2.24) is 4.98 Å². The maximum atomic E-state index is 6.03. The fraction of sp³-hybridized carbons (Fsp3) is 0.250. The highest BCUT2D eigenvalue weighted by molar-refractivity contribution is 7.07. The van der Waals surface area contributed by atoms with Gasteiger partial charge in [-0.1, -0.05) is 11.6 Å². The predicted octanol–water partition coefficient (Wildman–Crippen LogP) is 3.84. The monoisotopic (exact) mass is 252 g/mol. The number of aromatic nitrogens is 1. The van der Waals surface area contributed by atoms with E-state index in [1.807, 2.05) is 6.07 Å². The minimum atomic E-state index is 0.356. The Bertz CT molecular complexity index is 442. The number of hydrogen-bond acceptors (Lipinski definition) is 3. The summed E-state index contributed by atoms with van der Waals surface area (Å²) in [6.45, 7) is 2.15. The number of anilines is 1. The predicted molar refractivity (Wildman–Crippen MR) is 70.4 cm³/mol. The van der Waals surface area contributed by atoms with Crippen molar-refractivity contribution < 1.29 is 0 Å². The van der Waals surface area contributed by atoms with E-state index in [1.54, 1.807) is 23.7 Å². The van der Waals surface area contributed by atoms with Gasteiger partial charge in [-0.05, 0) is 41.8 Å². The van der Waals surface area contributed by atoms with Crippen molar-refractivity contribution in [3.05, 3.63) is 45.9 Å². The Morgan fingerprint density at radius 1 is 1.50 bits per heavy atom. The van der Waals surface area contributed by atoms with Crippen molar-refractivity contribution >= 4 is 28.6 Å². The van der Waals surface area contributed by atoms with E-state index in [-0.39, 0.29) is 0 Å². The van der Waals surface area contributed by atoms with Crippen LogP contribution in [0.4, 0.5) is 5.69 Å². The molecule has 0 aliphatic heterocycles. The molecule has 2 rings (SSSR count). The molecule has 2 heterocycles. The second-order valence-electron chi connectivity index (χ2n) is 3.74. The first kappa shape index (κ1) is 11.4. The lowest BCUT2D eigenvalue weighted by Gasteiger charge is -2.15. The molecule has 84 valence electrons. The third-order valence-corrected chi connectivity index (χ3v) is 3.33. The lowest BCUT2D eigenvalue weighted by molar-refractivity contribution is 0.792. The summed E-state index contributed by atoms with van der Waals surface area (Å²) in [6.07, 6.45) is 4.40. The first-order valence-corrected chi connectivity index (χ1v) is 6.45. The second kappa shape index (κ2) is 5.32. The molecule has 0 aromatic carbocycles. The van der Waals surface area contributed by atoms with Crippen LogP contribution in [0.5, 0.6) is 0 Å². The van der Waals surface area contributed by atoms with Gasteiger partial charge >= 0.3 is 0 Å².